The lowest BCUT2D eigenvalue weighted by atomic mass is 10.3. The SMILES string of the molecule is CCCNc1cc(CSc2ccc(Br)cc2)ccn1. The Hall–Kier alpha value is -1.00. The molecule has 1 aromatic heterocycles. The highest BCUT2D eigenvalue weighted by Crippen LogP contribution is 2.24. The van der Waals surface area contributed by atoms with Crippen molar-refractivity contribution in [3.05, 3.63) is 52.6 Å². The summed E-state index contributed by atoms with van der Waals surface area (Å²) in [6, 6.07) is 12.6. The van der Waals surface area contributed by atoms with Crippen LogP contribution in [0.3, 0.4) is 0 Å². The highest BCUT2D eigenvalue weighted by Gasteiger charge is 1.99. The number of rotatable bonds is 6. The van der Waals surface area contributed by atoms with Crippen molar-refractivity contribution in [1.29, 1.82) is 0 Å². The number of benzene rings is 1. The van der Waals surface area contributed by atoms with E-state index in [1.165, 1.54) is 10.5 Å². The number of halogens is 1. The highest BCUT2D eigenvalue weighted by atomic mass is 79.9. The van der Waals surface area contributed by atoms with Gasteiger partial charge >= 0.3 is 0 Å². The number of anilines is 1. The van der Waals surface area contributed by atoms with Gasteiger partial charge in [-0.3, -0.25) is 0 Å². The molecular weight excluding hydrogens is 320 g/mol. The van der Waals surface area contributed by atoms with Crippen LogP contribution in [0.2, 0.25) is 0 Å². The number of pyridine rings is 1. The van der Waals surface area contributed by atoms with Crippen LogP contribution in [0.25, 0.3) is 0 Å². The normalized spacial score (nSPS) is 10.4. The Bertz CT molecular complexity index is 514. The third-order valence-electron chi connectivity index (χ3n) is 2.60. The van der Waals surface area contributed by atoms with E-state index >= 15 is 0 Å². The Morgan fingerprint density at radius 2 is 2.00 bits per heavy atom. The molecule has 0 spiro atoms. The molecular formula is C15H17BrN2S. The molecule has 2 aromatic rings. The molecule has 0 unspecified atom stereocenters. The minimum atomic E-state index is 0.963. The lowest BCUT2D eigenvalue weighted by Crippen LogP contribution is -2.01. The molecule has 100 valence electrons. The molecule has 2 rings (SSSR count). The zero-order chi connectivity index (χ0) is 13.5. The first-order valence-electron chi connectivity index (χ1n) is 6.35. The van der Waals surface area contributed by atoms with E-state index in [4.69, 9.17) is 0 Å². The van der Waals surface area contributed by atoms with Gasteiger partial charge in [0.1, 0.15) is 5.82 Å². The summed E-state index contributed by atoms with van der Waals surface area (Å²) in [5, 5.41) is 3.31. The van der Waals surface area contributed by atoms with Gasteiger partial charge in [-0.15, -0.1) is 11.8 Å². The quantitative estimate of drug-likeness (QED) is 0.754. The van der Waals surface area contributed by atoms with Crippen molar-refractivity contribution in [1.82, 2.24) is 4.98 Å². The number of hydrogen-bond donors (Lipinski definition) is 1. The molecule has 0 saturated heterocycles. The van der Waals surface area contributed by atoms with Crippen LogP contribution in [0.1, 0.15) is 18.9 Å². The van der Waals surface area contributed by atoms with E-state index in [1.54, 1.807) is 0 Å². The van der Waals surface area contributed by atoms with Crippen molar-refractivity contribution < 1.29 is 0 Å². The van der Waals surface area contributed by atoms with Gasteiger partial charge in [-0.25, -0.2) is 4.98 Å². The predicted molar refractivity (Wildman–Crippen MR) is 86.7 cm³/mol. The third kappa shape index (κ3) is 4.88. The minimum Gasteiger partial charge on any atom is -0.370 e. The molecule has 19 heavy (non-hydrogen) atoms. The second-order valence-electron chi connectivity index (χ2n) is 4.22. The van der Waals surface area contributed by atoms with Crippen molar-refractivity contribution in [2.45, 2.75) is 24.0 Å². The van der Waals surface area contributed by atoms with Crippen LogP contribution < -0.4 is 5.32 Å². The number of aromatic nitrogens is 1. The van der Waals surface area contributed by atoms with Gasteiger partial charge in [0.25, 0.3) is 0 Å². The summed E-state index contributed by atoms with van der Waals surface area (Å²) in [4.78, 5) is 5.60. The first-order chi connectivity index (χ1) is 9.28. The summed E-state index contributed by atoms with van der Waals surface area (Å²) < 4.78 is 1.12. The Morgan fingerprint density at radius 3 is 2.74 bits per heavy atom. The fourth-order valence-corrected chi connectivity index (χ4v) is 2.72. The zero-order valence-corrected chi connectivity index (χ0v) is 13.3. The van der Waals surface area contributed by atoms with E-state index in [9.17, 15) is 0 Å². The largest absolute Gasteiger partial charge is 0.370 e. The van der Waals surface area contributed by atoms with Crippen LogP contribution in [-0.2, 0) is 5.75 Å². The maximum atomic E-state index is 4.32. The van der Waals surface area contributed by atoms with E-state index in [1.807, 2.05) is 18.0 Å². The van der Waals surface area contributed by atoms with Crippen LogP contribution >= 0.6 is 27.7 Å². The fraction of sp³-hybridized carbons (Fsp3) is 0.267. The summed E-state index contributed by atoms with van der Waals surface area (Å²) in [6.45, 7) is 3.12. The molecule has 1 heterocycles. The second-order valence-corrected chi connectivity index (χ2v) is 6.18. The average molecular weight is 337 g/mol. The number of hydrogen-bond acceptors (Lipinski definition) is 3. The lowest BCUT2D eigenvalue weighted by molar-refractivity contribution is 0.968. The third-order valence-corrected chi connectivity index (χ3v) is 4.21. The summed E-state index contributed by atoms with van der Waals surface area (Å²) in [5.74, 6) is 1.93. The van der Waals surface area contributed by atoms with Crippen LogP contribution in [0.15, 0.2) is 52.0 Å². The number of nitrogens with zero attached hydrogens (tertiary/aromatic N) is 1. The van der Waals surface area contributed by atoms with Crippen molar-refractivity contribution in [2.24, 2.45) is 0 Å². The molecule has 0 radical (unpaired) electrons. The van der Waals surface area contributed by atoms with Gasteiger partial charge < -0.3 is 5.32 Å². The Balaban J connectivity index is 1.93. The Labute approximate surface area is 127 Å². The topological polar surface area (TPSA) is 24.9 Å². The van der Waals surface area contributed by atoms with Gasteiger partial charge in [-0.1, -0.05) is 22.9 Å². The maximum absolute atomic E-state index is 4.32. The molecule has 0 aliphatic heterocycles. The summed E-state index contributed by atoms with van der Waals surface area (Å²) in [6.07, 6.45) is 2.98. The predicted octanol–water partition coefficient (Wildman–Crippen LogP) is 4.96. The van der Waals surface area contributed by atoms with E-state index in [2.05, 4.69) is 69.6 Å². The fourth-order valence-electron chi connectivity index (χ4n) is 1.61. The molecule has 2 nitrogen and oxygen atoms in total. The standard InChI is InChI=1S/C15H17BrN2S/c1-2-8-17-15-10-12(7-9-18-15)11-19-14-5-3-13(16)4-6-14/h3-7,9-10H,2,8,11H2,1H3,(H,17,18). The smallest absolute Gasteiger partial charge is 0.126 e. The van der Waals surface area contributed by atoms with E-state index < -0.39 is 0 Å². The van der Waals surface area contributed by atoms with Crippen molar-refractivity contribution >= 4 is 33.5 Å². The van der Waals surface area contributed by atoms with Crippen LogP contribution in [0.5, 0.6) is 0 Å². The Kier molecular flexibility index (Phi) is 5.73. The van der Waals surface area contributed by atoms with Gasteiger partial charge in [0.15, 0.2) is 0 Å². The molecule has 0 saturated carbocycles. The molecule has 0 bridgehead atoms. The molecule has 0 aliphatic carbocycles. The van der Waals surface area contributed by atoms with Gasteiger partial charge in [-0.05, 0) is 48.4 Å². The van der Waals surface area contributed by atoms with Crippen molar-refractivity contribution in [3.63, 3.8) is 0 Å². The van der Waals surface area contributed by atoms with E-state index in [-0.39, 0.29) is 0 Å². The molecule has 0 aliphatic rings. The van der Waals surface area contributed by atoms with Gasteiger partial charge in [-0.2, -0.15) is 0 Å². The monoisotopic (exact) mass is 336 g/mol. The van der Waals surface area contributed by atoms with Crippen LogP contribution in [-0.4, -0.2) is 11.5 Å². The molecule has 1 aromatic carbocycles. The number of thioether (sulfide) groups is 1. The molecule has 0 atom stereocenters. The van der Waals surface area contributed by atoms with Gasteiger partial charge in [0.05, 0.1) is 0 Å². The zero-order valence-electron chi connectivity index (χ0n) is 10.9. The van der Waals surface area contributed by atoms with Crippen molar-refractivity contribution in [3.8, 4) is 0 Å². The second kappa shape index (κ2) is 7.56. The lowest BCUT2D eigenvalue weighted by Gasteiger charge is -2.06. The van der Waals surface area contributed by atoms with Gasteiger partial charge in [0.2, 0.25) is 0 Å². The average Bonchev–Trinajstić information content (AvgIpc) is 2.45. The summed E-state index contributed by atoms with van der Waals surface area (Å²) in [7, 11) is 0. The summed E-state index contributed by atoms with van der Waals surface area (Å²) >= 11 is 5.29. The molecule has 1 N–H and O–H groups in total. The minimum absolute atomic E-state index is 0.963. The first kappa shape index (κ1) is 14.4. The highest BCUT2D eigenvalue weighted by molar-refractivity contribution is 9.10. The maximum Gasteiger partial charge on any atom is 0.126 e. The summed E-state index contributed by atoms with van der Waals surface area (Å²) in [5.41, 5.74) is 1.29. The molecule has 4 heteroatoms. The van der Waals surface area contributed by atoms with Crippen molar-refractivity contribution in [2.75, 3.05) is 11.9 Å². The van der Waals surface area contributed by atoms with Gasteiger partial charge in [0, 0.05) is 27.9 Å². The first-order valence-corrected chi connectivity index (χ1v) is 8.13. The Morgan fingerprint density at radius 1 is 1.21 bits per heavy atom. The number of nitrogens with one attached hydrogen (secondary N) is 1. The van der Waals surface area contributed by atoms with Crippen LogP contribution in [0, 0.1) is 0 Å². The van der Waals surface area contributed by atoms with E-state index in [0.717, 1.165) is 29.0 Å². The molecule has 0 fully saturated rings. The van der Waals surface area contributed by atoms with E-state index in [0.29, 0.717) is 0 Å². The van der Waals surface area contributed by atoms with Crippen LogP contribution in [0.4, 0.5) is 5.82 Å². The molecule has 0 amide bonds.